The smallest absolute Gasteiger partial charge is 0.278 e. The van der Waals surface area contributed by atoms with Crippen LogP contribution < -0.4 is 4.90 Å². The highest BCUT2D eigenvalue weighted by molar-refractivity contribution is 6.33. The van der Waals surface area contributed by atoms with Crippen LogP contribution in [0.3, 0.4) is 0 Å². The van der Waals surface area contributed by atoms with Crippen LogP contribution in [0.5, 0.6) is 0 Å². The summed E-state index contributed by atoms with van der Waals surface area (Å²) in [7, 11) is 0. The van der Waals surface area contributed by atoms with Gasteiger partial charge < -0.3 is 4.84 Å². The van der Waals surface area contributed by atoms with Crippen molar-refractivity contribution in [2.75, 3.05) is 4.90 Å². The molecule has 0 aliphatic carbocycles. The highest BCUT2D eigenvalue weighted by Gasteiger charge is 2.56. The fourth-order valence-electron chi connectivity index (χ4n) is 4.32. The zero-order valence-electron chi connectivity index (χ0n) is 17.4. The first-order valence-electron chi connectivity index (χ1n) is 10.6. The number of carbonyl (C=O) groups is 2. The van der Waals surface area contributed by atoms with E-state index in [-0.39, 0.29) is 5.91 Å². The highest BCUT2D eigenvalue weighted by Crippen LogP contribution is 2.37. The molecular formula is C26H18N4O3. The summed E-state index contributed by atoms with van der Waals surface area (Å²) in [5, 5.41) is 9.01. The van der Waals surface area contributed by atoms with Crippen molar-refractivity contribution in [3.05, 3.63) is 103 Å². The molecule has 4 aromatic rings. The Balaban J connectivity index is 1.45. The van der Waals surface area contributed by atoms with Crippen molar-refractivity contribution >= 4 is 23.2 Å². The van der Waals surface area contributed by atoms with E-state index in [1.807, 2.05) is 72.9 Å². The maximum atomic E-state index is 13.4. The number of nitrogens with zero attached hydrogens (tertiary/aromatic N) is 4. The zero-order chi connectivity index (χ0) is 22.4. The number of imide groups is 1. The molecule has 1 aromatic heterocycles. The molecule has 0 radical (unpaired) electrons. The van der Waals surface area contributed by atoms with Crippen LogP contribution in [0.1, 0.15) is 5.56 Å². The molecule has 160 valence electrons. The highest BCUT2D eigenvalue weighted by atomic mass is 16.6. The van der Waals surface area contributed by atoms with Crippen molar-refractivity contribution in [3.63, 3.8) is 0 Å². The molecule has 2 atom stereocenters. The van der Waals surface area contributed by atoms with Crippen LogP contribution in [0.2, 0.25) is 0 Å². The molecule has 33 heavy (non-hydrogen) atoms. The van der Waals surface area contributed by atoms with Gasteiger partial charge in [-0.05, 0) is 24.3 Å². The number of aromatic nitrogens is 2. The molecule has 6 rings (SSSR count). The van der Waals surface area contributed by atoms with Crippen LogP contribution in [0.25, 0.3) is 16.9 Å². The lowest BCUT2D eigenvalue weighted by molar-refractivity contribution is -0.126. The summed E-state index contributed by atoms with van der Waals surface area (Å²) in [5.74, 6) is -1.58. The first-order chi connectivity index (χ1) is 16.2. The second-order valence-corrected chi connectivity index (χ2v) is 7.87. The number of anilines is 1. The Morgan fingerprint density at radius 1 is 0.727 bits per heavy atom. The number of benzene rings is 3. The number of para-hydroxylation sites is 2. The molecule has 1 fully saturated rings. The summed E-state index contributed by atoms with van der Waals surface area (Å²) < 4.78 is 1.75. The van der Waals surface area contributed by atoms with Gasteiger partial charge in [0.05, 0.1) is 11.4 Å². The zero-order valence-corrected chi connectivity index (χ0v) is 17.4. The lowest BCUT2D eigenvalue weighted by Crippen LogP contribution is -2.33. The average Bonchev–Trinajstić information content (AvgIpc) is 3.56. The Morgan fingerprint density at radius 3 is 2.00 bits per heavy atom. The van der Waals surface area contributed by atoms with Crippen molar-refractivity contribution < 1.29 is 14.4 Å². The van der Waals surface area contributed by atoms with Crippen LogP contribution in [-0.4, -0.2) is 33.4 Å². The summed E-state index contributed by atoms with van der Waals surface area (Å²) in [5.41, 5.74) is 4.02. The number of carbonyl (C=O) groups excluding carboxylic acids is 2. The van der Waals surface area contributed by atoms with Crippen LogP contribution in [-0.2, 0) is 14.4 Å². The lowest BCUT2D eigenvalue weighted by atomic mass is 9.93. The Bertz CT molecular complexity index is 1380. The van der Waals surface area contributed by atoms with Crippen LogP contribution >= 0.6 is 0 Å². The van der Waals surface area contributed by atoms with Crippen molar-refractivity contribution in [2.24, 2.45) is 11.1 Å². The van der Waals surface area contributed by atoms with Gasteiger partial charge in [0.15, 0.2) is 0 Å². The lowest BCUT2D eigenvalue weighted by Gasteiger charge is -2.15. The van der Waals surface area contributed by atoms with E-state index in [0.29, 0.717) is 22.7 Å². The van der Waals surface area contributed by atoms with Gasteiger partial charge in [-0.15, -0.1) is 0 Å². The second-order valence-electron chi connectivity index (χ2n) is 7.87. The summed E-state index contributed by atoms with van der Waals surface area (Å²) in [6.45, 7) is 0. The molecule has 7 nitrogen and oxygen atoms in total. The van der Waals surface area contributed by atoms with Crippen molar-refractivity contribution in [3.8, 4) is 16.9 Å². The van der Waals surface area contributed by atoms with Gasteiger partial charge in [0, 0.05) is 17.3 Å². The predicted octanol–water partition coefficient (Wildman–Crippen LogP) is 3.83. The number of hydrogen-bond acceptors (Lipinski definition) is 5. The van der Waals surface area contributed by atoms with Gasteiger partial charge in [-0.3, -0.25) is 9.59 Å². The number of amides is 2. The molecule has 1 saturated heterocycles. The van der Waals surface area contributed by atoms with Gasteiger partial charge in [-0.1, -0.05) is 71.9 Å². The van der Waals surface area contributed by atoms with Crippen LogP contribution in [0.4, 0.5) is 5.69 Å². The quantitative estimate of drug-likeness (QED) is 0.458. The van der Waals surface area contributed by atoms with E-state index in [2.05, 4.69) is 5.16 Å². The first kappa shape index (κ1) is 19.2. The number of oxime groups is 1. The first-order valence-corrected chi connectivity index (χ1v) is 10.6. The van der Waals surface area contributed by atoms with Crippen molar-refractivity contribution in [1.29, 1.82) is 0 Å². The van der Waals surface area contributed by atoms with E-state index >= 15 is 0 Å². The molecule has 0 N–H and O–H groups in total. The molecule has 2 amide bonds. The van der Waals surface area contributed by atoms with E-state index in [4.69, 9.17) is 9.94 Å². The largest absolute Gasteiger partial charge is 0.381 e. The Kier molecular flexibility index (Phi) is 4.40. The molecule has 2 aliphatic heterocycles. The predicted molar refractivity (Wildman–Crippen MR) is 123 cm³/mol. The van der Waals surface area contributed by atoms with Gasteiger partial charge in [-0.25, -0.2) is 9.58 Å². The molecule has 7 heteroatoms. The molecule has 2 unspecified atom stereocenters. The van der Waals surface area contributed by atoms with E-state index in [1.165, 1.54) is 4.90 Å². The fraction of sp³-hybridized carbons (Fsp3) is 0.0769. The van der Waals surface area contributed by atoms with Gasteiger partial charge in [0.1, 0.15) is 17.3 Å². The topological polar surface area (TPSA) is 76.8 Å². The SMILES string of the molecule is O=C1C2ON=C(c3cn(-c4ccccc4)nc3-c3ccccc3)C2C(=O)N1c1ccccc1. The normalized spacial score (nSPS) is 19.4. The van der Waals surface area contributed by atoms with Crippen LogP contribution in [0, 0.1) is 5.92 Å². The van der Waals surface area contributed by atoms with E-state index in [1.54, 1.807) is 28.9 Å². The maximum Gasteiger partial charge on any atom is 0.278 e. The van der Waals surface area contributed by atoms with E-state index in [0.717, 1.165) is 11.3 Å². The Morgan fingerprint density at radius 2 is 1.33 bits per heavy atom. The molecule has 3 aromatic carbocycles. The average molecular weight is 434 g/mol. The van der Waals surface area contributed by atoms with Gasteiger partial charge in [0.25, 0.3) is 5.91 Å². The second kappa shape index (κ2) is 7.56. The summed E-state index contributed by atoms with van der Waals surface area (Å²) >= 11 is 0. The molecule has 3 heterocycles. The Hall–Kier alpha value is -4.52. The van der Waals surface area contributed by atoms with E-state index < -0.39 is 17.9 Å². The van der Waals surface area contributed by atoms with Crippen molar-refractivity contribution in [2.45, 2.75) is 6.10 Å². The minimum Gasteiger partial charge on any atom is -0.381 e. The third-order valence-corrected chi connectivity index (χ3v) is 5.88. The molecule has 0 spiro atoms. The van der Waals surface area contributed by atoms with Gasteiger partial charge in [0.2, 0.25) is 12.0 Å². The van der Waals surface area contributed by atoms with Crippen LogP contribution in [0.15, 0.2) is 102 Å². The summed E-state index contributed by atoms with van der Waals surface area (Å²) in [4.78, 5) is 33.2. The number of rotatable bonds is 4. The maximum absolute atomic E-state index is 13.4. The minimum atomic E-state index is -0.976. The van der Waals surface area contributed by atoms with E-state index in [9.17, 15) is 9.59 Å². The molecule has 0 bridgehead atoms. The summed E-state index contributed by atoms with van der Waals surface area (Å²) in [6, 6.07) is 28.3. The third-order valence-electron chi connectivity index (χ3n) is 5.88. The monoisotopic (exact) mass is 434 g/mol. The summed E-state index contributed by atoms with van der Waals surface area (Å²) in [6.07, 6.45) is 0.863. The standard InChI is InChI=1S/C26H18N4O3/c31-25-21-23(28-33-24(21)26(32)30(25)19-14-8-3-9-15-19)20-16-29(18-12-6-2-7-13-18)27-22(20)17-10-4-1-5-11-17/h1-16,21,24H. The van der Waals surface area contributed by atoms with Crippen molar-refractivity contribution in [1.82, 2.24) is 9.78 Å². The third kappa shape index (κ3) is 3.05. The fourth-order valence-corrected chi connectivity index (χ4v) is 4.32. The Labute approximate surface area is 189 Å². The molecular weight excluding hydrogens is 416 g/mol. The number of hydrogen-bond donors (Lipinski definition) is 0. The van der Waals surface area contributed by atoms with Gasteiger partial charge in [-0.2, -0.15) is 5.10 Å². The molecule has 0 saturated carbocycles. The minimum absolute atomic E-state index is 0.348. The number of fused-ring (bicyclic) bond motifs is 1. The molecule has 2 aliphatic rings. The van der Waals surface area contributed by atoms with Gasteiger partial charge >= 0.3 is 0 Å².